The molecule has 2 atom stereocenters. The Hall–Kier alpha value is -1.95. The van der Waals surface area contributed by atoms with Crippen molar-refractivity contribution >= 4 is 17.5 Å². The Kier molecular flexibility index (Phi) is 5.04. The van der Waals surface area contributed by atoms with E-state index in [0.29, 0.717) is 19.7 Å². The van der Waals surface area contributed by atoms with E-state index in [0.717, 1.165) is 11.4 Å². The smallest absolute Gasteiger partial charge is 0.407 e. The zero-order chi connectivity index (χ0) is 17.2. The lowest BCUT2D eigenvalue weighted by atomic mass is 9.79. The number of nitrogens with two attached hydrogens (primary N) is 1. The summed E-state index contributed by atoms with van der Waals surface area (Å²) in [5.41, 5.74) is 7.46. The van der Waals surface area contributed by atoms with Crippen LogP contribution in [0.2, 0.25) is 0 Å². The molecule has 1 unspecified atom stereocenters. The fraction of sp³-hybridized carbons (Fsp3) is 0.588. The zero-order valence-corrected chi connectivity index (χ0v) is 14.3. The number of piperazine rings is 1. The number of anilines is 2. The van der Waals surface area contributed by atoms with Crippen molar-refractivity contribution in [2.45, 2.75) is 32.9 Å². The Balaban J connectivity index is 2.42. The molecule has 1 heterocycles. The summed E-state index contributed by atoms with van der Waals surface area (Å²) in [5, 5.41) is 9.55. The molecule has 1 fully saturated rings. The molecule has 6 nitrogen and oxygen atoms in total. The van der Waals surface area contributed by atoms with Gasteiger partial charge in [0.25, 0.3) is 0 Å². The van der Waals surface area contributed by atoms with Crippen molar-refractivity contribution in [3.8, 4) is 0 Å². The van der Waals surface area contributed by atoms with Crippen molar-refractivity contribution < 1.29 is 14.6 Å². The van der Waals surface area contributed by atoms with E-state index < -0.39 is 6.09 Å². The molecule has 0 aliphatic carbocycles. The van der Waals surface area contributed by atoms with Crippen LogP contribution in [-0.2, 0) is 4.74 Å². The van der Waals surface area contributed by atoms with Gasteiger partial charge in [-0.2, -0.15) is 0 Å². The van der Waals surface area contributed by atoms with Gasteiger partial charge in [0.2, 0.25) is 0 Å². The highest BCUT2D eigenvalue weighted by Gasteiger charge is 2.44. The summed E-state index contributed by atoms with van der Waals surface area (Å²) < 4.78 is 5.34. The van der Waals surface area contributed by atoms with Crippen LogP contribution in [0.1, 0.15) is 20.8 Å². The largest absolute Gasteiger partial charge is 0.465 e. The zero-order valence-electron chi connectivity index (χ0n) is 14.3. The second-order valence-corrected chi connectivity index (χ2v) is 7.09. The number of hydrogen-bond acceptors (Lipinski definition) is 4. The van der Waals surface area contributed by atoms with Gasteiger partial charge in [-0.05, 0) is 29.7 Å². The van der Waals surface area contributed by atoms with E-state index in [1.54, 1.807) is 7.11 Å². The lowest BCUT2D eigenvalue weighted by Gasteiger charge is -2.52. The Bertz CT molecular complexity index is 539. The highest BCUT2D eigenvalue weighted by atomic mass is 16.5. The van der Waals surface area contributed by atoms with Gasteiger partial charge in [0, 0.05) is 31.6 Å². The second-order valence-electron chi connectivity index (χ2n) is 7.09. The minimum absolute atomic E-state index is 0.0101. The van der Waals surface area contributed by atoms with Gasteiger partial charge in [0.15, 0.2) is 0 Å². The van der Waals surface area contributed by atoms with E-state index >= 15 is 0 Å². The van der Waals surface area contributed by atoms with Crippen LogP contribution < -0.4 is 10.6 Å². The quantitative estimate of drug-likeness (QED) is 0.836. The molecule has 1 aliphatic heterocycles. The molecule has 1 aromatic carbocycles. The number of nitrogens with zero attached hydrogens (tertiary/aromatic N) is 2. The fourth-order valence-corrected chi connectivity index (χ4v) is 3.49. The molecule has 0 bridgehead atoms. The Morgan fingerprint density at radius 1 is 1.30 bits per heavy atom. The molecule has 1 amide bonds. The molecule has 2 rings (SSSR count). The van der Waals surface area contributed by atoms with E-state index in [1.165, 1.54) is 4.90 Å². The van der Waals surface area contributed by atoms with E-state index in [-0.39, 0.29) is 17.5 Å². The third-order valence-corrected chi connectivity index (χ3v) is 4.38. The number of carboxylic acid groups (broad SMARTS) is 1. The first-order valence-corrected chi connectivity index (χ1v) is 7.86. The summed E-state index contributed by atoms with van der Waals surface area (Å²) in [7, 11) is 1.61. The first kappa shape index (κ1) is 17.4. The van der Waals surface area contributed by atoms with Gasteiger partial charge in [-0.1, -0.05) is 20.8 Å². The van der Waals surface area contributed by atoms with Crippen LogP contribution in [0.25, 0.3) is 0 Å². The molecule has 128 valence electrons. The van der Waals surface area contributed by atoms with Gasteiger partial charge in [-0.15, -0.1) is 0 Å². The topological polar surface area (TPSA) is 79.0 Å². The molecule has 0 radical (unpaired) electrons. The average Bonchev–Trinajstić information content (AvgIpc) is 2.46. The highest BCUT2D eigenvalue weighted by molar-refractivity contribution is 5.67. The molecule has 0 spiro atoms. The highest BCUT2D eigenvalue weighted by Crippen LogP contribution is 2.35. The van der Waals surface area contributed by atoms with Crippen LogP contribution in [0.4, 0.5) is 16.2 Å². The first-order chi connectivity index (χ1) is 10.8. The maximum atomic E-state index is 11.6. The van der Waals surface area contributed by atoms with Crippen LogP contribution >= 0.6 is 0 Å². The number of nitrogen functional groups attached to an aromatic ring is 1. The third kappa shape index (κ3) is 3.69. The fourth-order valence-electron chi connectivity index (χ4n) is 3.49. The number of amides is 1. The molecule has 1 saturated heterocycles. The predicted molar refractivity (Wildman–Crippen MR) is 91.8 cm³/mol. The summed E-state index contributed by atoms with van der Waals surface area (Å²) in [5.74, 6) is 0. The van der Waals surface area contributed by atoms with Crippen molar-refractivity contribution in [3.63, 3.8) is 0 Å². The predicted octanol–water partition coefficient (Wildman–Crippen LogP) is 2.50. The summed E-state index contributed by atoms with van der Waals surface area (Å²) in [6, 6.07) is 7.54. The second kappa shape index (κ2) is 6.66. The van der Waals surface area contributed by atoms with E-state index in [2.05, 4.69) is 25.7 Å². The van der Waals surface area contributed by atoms with E-state index in [9.17, 15) is 9.90 Å². The molecule has 1 aromatic rings. The van der Waals surface area contributed by atoms with Gasteiger partial charge >= 0.3 is 6.09 Å². The van der Waals surface area contributed by atoms with Crippen molar-refractivity contribution in [1.29, 1.82) is 0 Å². The van der Waals surface area contributed by atoms with E-state index in [1.807, 2.05) is 24.3 Å². The molecule has 23 heavy (non-hydrogen) atoms. The minimum Gasteiger partial charge on any atom is -0.465 e. The lowest BCUT2D eigenvalue weighted by Crippen LogP contribution is -2.66. The Morgan fingerprint density at radius 2 is 1.91 bits per heavy atom. The number of ether oxygens (including phenoxy) is 1. The molecule has 1 aliphatic rings. The van der Waals surface area contributed by atoms with Gasteiger partial charge in [-0.25, -0.2) is 4.79 Å². The van der Waals surface area contributed by atoms with Crippen molar-refractivity contribution in [2.24, 2.45) is 5.41 Å². The molecular formula is C17H27N3O3. The number of benzene rings is 1. The molecule has 0 saturated carbocycles. The number of carbonyl (C=O) groups is 1. The summed E-state index contributed by atoms with van der Waals surface area (Å²) in [6.07, 6.45) is -0.891. The van der Waals surface area contributed by atoms with Crippen molar-refractivity contribution in [1.82, 2.24) is 4.90 Å². The summed E-state index contributed by atoms with van der Waals surface area (Å²) in [4.78, 5) is 15.4. The molecular weight excluding hydrogens is 294 g/mol. The van der Waals surface area contributed by atoms with Crippen LogP contribution in [0.5, 0.6) is 0 Å². The third-order valence-electron chi connectivity index (χ3n) is 4.38. The van der Waals surface area contributed by atoms with Crippen LogP contribution in [-0.4, -0.2) is 55.0 Å². The van der Waals surface area contributed by atoms with Crippen LogP contribution in [0.3, 0.4) is 0 Å². The monoisotopic (exact) mass is 321 g/mol. The molecule has 0 aromatic heterocycles. The number of rotatable bonds is 3. The maximum Gasteiger partial charge on any atom is 0.407 e. The van der Waals surface area contributed by atoms with Gasteiger partial charge < -0.3 is 20.5 Å². The number of methoxy groups -OCH3 is 1. The molecule has 6 heteroatoms. The van der Waals surface area contributed by atoms with Crippen LogP contribution in [0.15, 0.2) is 24.3 Å². The van der Waals surface area contributed by atoms with Gasteiger partial charge in [0.1, 0.15) is 0 Å². The van der Waals surface area contributed by atoms with Crippen LogP contribution in [0, 0.1) is 5.41 Å². The minimum atomic E-state index is -0.891. The summed E-state index contributed by atoms with van der Waals surface area (Å²) in [6.45, 7) is 7.89. The summed E-state index contributed by atoms with van der Waals surface area (Å²) >= 11 is 0. The molecule has 3 N–H and O–H groups in total. The standard InChI is InChI=1S/C17H27N3O3/c1-17(2,3)15-14(11-23-4)20(16(21)22)10-9-19(15)13-7-5-12(18)6-8-13/h5-8,14-15H,9-11,18H2,1-4H3,(H,21,22)/t14?,15-/m1/s1. The Labute approximate surface area is 137 Å². The Morgan fingerprint density at radius 3 is 2.39 bits per heavy atom. The van der Waals surface area contributed by atoms with Crippen molar-refractivity contribution in [2.75, 3.05) is 37.4 Å². The lowest BCUT2D eigenvalue weighted by molar-refractivity contribution is 0.0320. The SMILES string of the molecule is COCC1[C@H](C(C)(C)C)N(c2ccc(N)cc2)CCN1C(=O)O. The number of hydrogen-bond donors (Lipinski definition) is 2. The van der Waals surface area contributed by atoms with Gasteiger partial charge in [-0.3, -0.25) is 4.90 Å². The van der Waals surface area contributed by atoms with Gasteiger partial charge in [0.05, 0.1) is 18.7 Å². The van der Waals surface area contributed by atoms with Crippen molar-refractivity contribution in [3.05, 3.63) is 24.3 Å². The normalized spacial score (nSPS) is 22.3. The average molecular weight is 321 g/mol. The van der Waals surface area contributed by atoms with E-state index in [4.69, 9.17) is 10.5 Å². The first-order valence-electron chi connectivity index (χ1n) is 7.86. The maximum absolute atomic E-state index is 11.6.